The minimum atomic E-state index is -0.0394. The lowest BCUT2D eigenvalue weighted by atomic mass is 10.1. The monoisotopic (exact) mass is 235 g/mol. The highest BCUT2D eigenvalue weighted by molar-refractivity contribution is 5.95. The Labute approximate surface area is 103 Å². The molecule has 0 atom stereocenters. The molecule has 0 spiro atoms. The summed E-state index contributed by atoms with van der Waals surface area (Å²) in [5.41, 5.74) is 7.05. The summed E-state index contributed by atoms with van der Waals surface area (Å²) in [6, 6.07) is 7.64. The molecule has 0 aliphatic rings. The van der Waals surface area contributed by atoms with E-state index in [4.69, 9.17) is 5.73 Å². The molecular formula is C13H21N3O. The number of carbonyl (C=O) groups is 1. The molecule has 0 saturated carbocycles. The molecule has 0 heterocycles. The van der Waals surface area contributed by atoms with Gasteiger partial charge < -0.3 is 16.4 Å². The van der Waals surface area contributed by atoms with E-state index in [9.17, 15) is 4.79 Å². The summed E-state index contributed by atoms with van der Waals surface area (Å²) in [6.45, 7) is 5.38. The third kappa shape index (κ3) is 4.87. The first-order valence-corrected chi connectivity index (χ1v) is 5.98. The third-order valence-electron chi connectivity index (χ3n) is 2.25. The Hall–Kier alpha value is -1.55. The van der Waals surface area contributed by atoms with E-state index in [0.29, 0.717) is 12.1 Å². The lowest BCUT2D eigenvalue weighted by Crippen LogP contribution is -2.30. The largest absolute Gasteiger partial charge is 0.385 e. The molecule has 94 valence electrons. The maximum atomic E-state index is 11.8. The molecule has 0 radical (unpaired) electrons. The zero-order valence-electron chi connectivity index (χ0n) is 10.5. The van der Waals surface area contributed by atoms with Gasteiger partial charge in [-0.05, 0) is 45.0 Å². The number of amides is 1. The van der Waals surface area contributed by atoms with Gasteiger partial charge in [0.15, 0.2) is 0 Å². The summed E-state index contributed by atoms with van der Waals surface area (Å²) in [5.74, 6) is -0.0394. The maximum Gasteiger partial charge on any atom is 0.251 e. The van der Waals surface area contributed by atoms with Gasteiger partial charge in [0.2, 0.25) is 0 Å². The van der Waals surface area contributed by atoms with Gasteiger partial charge in [-0.1, -0.05) is 6.07 Å². The van der Waals surface area contributed by atoms with Crippen LogP contribution in [-0.4, -0.2) is 25.0 Å². The van der Waals surface area contributed by atoms with Crippen molar-refractivity contribution >= 4 is 11.6 Å². The molecule has 4 N–H and O–H groups in total. The Morgan fingerprint density at radius 2 is 2.18 bits per heavy atom. The molecule has 17 heavy (non-hydrogen) atoms. The Kier molecular flexibility index (Phi) is 5.49. The summed E-state index contributed by atoms with van der Waals surface area (Å²) in [7, 11) is 0. The van der Waals surface area contributed by atoms with Gasteiger partial charge in [0.05, 0.1) is 0 Å². The van der Waals surface area contributed by atoms with Crippen LogP contribution in [0.2, 0.25) is 0 Å². The first-order valence-electron chi connectivity index (χ1n) is 5.98. The van der Waals surface area contributed by atoms with Crippen molar-refractivity contribution in [1.29, 1.82) is 0 Å². The van der Waals surface area contributed by atoms with Gasteiger partial charge in [0.25, 0.3) is 5.91 Å². The van der Waals surface area contributed by atoms with E-state index < -0.39 is 0 Å². The van der Waals surface area contributed by atoms with Gasteiger partial charge >= 0.3 is 0 Å². The van der Waals surface area contributed by atoms with Gasteiger partial charge in [0.1, 0.15) is 0 Å². The van der Waals surface area contributed by atoms with Crippen molar-refractivity contribution in [3.8, 4) is 0 Å². The van der Waals surface area contributed by atoms with Crippen LogP contribution in [0.15, 0.2) is 24.3 Å². The molecule has 4 heteroatoms. The fourth-order valence-electron chi connectivity index (χ4n) is 1.45. The molecule has 0 unspecified atom stereocenters. The number of benzene rings is 1. The predicted molar refractivity (Wildman–Crippen MR) is 71.2 cm³/mol. The van der Waals surface area contributed by atoms with Gasteiger partial charge in [-0.25, -0.2) is 0 Å². The minimum absolute atomic E-state index is 0.0394. The highest BCUT2D eigenvalue weighted by atomic mass is 16.1. The molecule has 0 fully saturated rings. The number of hydrogen-bond acceptors (Lipinski definition) is 3. The van der Waals surface area contributed by atoms with Crippen LogP contribution in [-0.2, 0) is 0 Å². The van der Waals surface area contributed by atoms with E-state index in [1.165, 1.54) is 0 Å². The van der Waals surface area contributed by atoms with Crippen molar-refractivity contribution in [2.75, 3.05) is 18.4 Å². The molecule has 1 amide bonds. The van der Waals surface area contributed by atoms with Crippen LogP contribution in [0.3, 0.4) is 0 Å². The molecule has 0 bridgehead atoms. The van der Waals surface area contributed by atoms with E-state index in [-0.39, 0.29) is 11.9 Å². The smallest absolute Gasteiger partial charge is 0.251 e. The molecule has 4 nitrogen and oxygen atoms in total. The van der Waals surface area contributed by atoms with E-state index in [1.54, 1.807) is 0 Å². The minimum Gasteiger partial charge on any atom is -0.385 e. The van der Waals surface area contributed by atoms with Crippen LogP contribution in [0.5, 0.6) is 0 Å². The zero-order valence-corrected chi connectivity index (χ0v) is 10.5. The lowest BCUT2D eigenvalue weighted by Gasteiger charge is -2.10. The summed E-state index contributed by atoms with van der Waals surface area (Å²) >= 11 is 0. The topological polar surface area (TPSA) is 67.2 Å². The first kappa shape index (κ1) is 13.5. The molecule has 0 aliphatic carbocycles. The van der Waals surface area contributed by atoms with Crippen molar-refractivity contribution in [2.45, 2.75) is 26.3 Å². The SMILES string of the molecule is CC(C)NC(=O)c1cccc(NCCCN)c1. The van der Waals surface area contributed by atoms with Crippen molar-refractivity contribution in [3.63, 3.8) is 0 Å². The fourth-order valence-corrected chi connectivity index (χ4v) is 1.45. The molecule has 0 aromatic heterocycles. The van der Waals surface area contributed by atoms with Gasteiger partial charge in [-0.3, -0.25) is 4.79 Å². The van der Waals surface area contributed by atoms with E-state index in [2.05, 4.69) is 10.6 Å². The van der Waals surface area contributed by atoms with Crippen molar-refractivity contribution in [2.24, 2.45) is 5.73 Å². The van der Waals surface area contributed by atoms with Gasteiger partial charge in [-0.2, -0.15) is 0 Å². The Morgan fingerprint density at radius 3 is 2.82 bits per heavy atom. The number of hydrogen-bond donors (Lipinski definition) is 3. The second-order valence-electron chi connectivity index (χ2n) is 4.28. The van der Waals surface area contributed by atoms with E-state index in [0.717, 1.165) is 18.7 Å². The number of nitrogens with two attached hydrogens (primary N) is 1. The normalized spacial score (nSPS) is 10.4. The van der Waals surface area contributed by atoms with Crippen LogP contribution < -0.4 is 16.4 Å². The standard InChI is InChI=1S/C13H21N3O/c1-10(2)16-13(17)11-5-3-6-12(9-11)15-8-4-7-14/h3,5-6,9-10,15H,4,7-8,14H2,1-2H3,(H,16,17). The second-order valence-corrected chi connectivity index (χ2v) is 4.28. The zero-order chi connectivity index (χ0) is 12.7. The lowest BCUT2D eigenvalue weighted by molar-refractivity contribution is 0.0943. The molecule has 1 rings (SSSR count). The average Bonchev–Trinajstić information content (AvgIpc) is 2.29. The molecule has 1 aromatic carbocycles. The van der Waals surface area contributed by atoms with Crippen molar-refractivity contribution in [3.05, 3.63) is 29.8 Å². The Balaban J connectivity index is 2.61. The number of carbonyl (C=O) groups excluding carboxylic acids is 1. The van der Waals surface area contributed by atoms with Gasteiger partial charge in [0, 0.05) is 23.8 Å². The van der Waals surface area contributed by atoms with Crippen LogP contribution in [0.25, 0.3) is 0 Å². The third-order valence-corrected chi connectivity index (χ3v) is 2.25. The van der Waals surface area contributed by atoms with Crippen LogP contribution >= 0.6 is 0 Å². The fraction of sp³-hybridized carbons (Fsp3) is 0.462. The average molecular weight is 235 g/mol. The summed E-state index contributed by atoms with van der Waals surface area (Å²) in [4.78, 5) is 11.8. The summed E-state index contributed by atoms with van der Waals surface area (Å²) < 4.78 is 0. The first-order chi connectivity index (χ1) is 8.13. The van der Waals surface area contributed by atoms with Crippen LogP contribution in [0, 0.1) is 0 Å². The van der Waals surface area contributed by atoms with Crippen molar-refractivity contribution in [1.82, 2.24) is 5.32 Å². The van der Waals surface area contributed by atoms with Crippen LogP contribution in [0.1, 0.15) is 30.6 Å². The van der Waals surface area contributed by atoms with Crippen LogP contribution in [0.4, 0.5) is 5.69 Å². The predicted octanol–water partition coefficient (Wildman–Crippen LogP) is 1.59. The molecular weight excluding hydrogens is 214 g/mol. The molecule has 0 saturated heterocycles. The summed E-state index contributed by atoms with van der Waals surface area (Å²) in [5, 5.41) is 6.10. The summed E-state index contributed by atoms with van der Waals surface area (Å²) in [6.07, 6.45) is 0.919. The Bertz CT molecular complexity index is 363. The second kappa shape index (κ2) is 6.91. The number of nitrogens with one attached hydrogen (secondary N) is 2. The number of anilines is 1. The van der Waals surface area contributed by atoms with E-state index >= 15 is 0 Å². The molecule has 1 aromatic rings. The van der Waals surface area contributed by atoms with Gasteiger partial charge in [-0.15, -0.1) is 0 Å². The maximum absolute atomic E-state index is 11.8. The number of rotatable bonds is 6. The highest BCUT2D eigenvalue weighted by Gasteiger charge is 2.06. The molecule has 0 aliphatic heterocycles. The van der Waals surface area contributed by atoms with E-state index in [1.807, 2.05) is 38.1 Å². The Morgan fingerprint density at radius 1 is 1.41 bits per heavy atom. The highest BCUT2D eigenvalue weighted by Crippen LogP contribution is 2.10. The van der Waals surface area contributed by atoms with Crippen molar-refractivity contribution < 1.29 is 4.79 Å². The quantitative estimate of drug-likeness (QED) is 0.656.